The molecule has 2 atom stereocenters. The van der Waals surface area contributed by atoms with E-state index in [1.807, 2.05) is 0 Å². The molecule has 0 aromatic carbocycles. The first-order chi connectivity index (χ1) is 8.79. The van der Waals surface area contributed by atoms with Crippen LogP contribution in [0.15, 0.2) is 0 Å². The van der Waals surface area contributed by atoms with E-state index in [2.05, 4.69) is 10.6 Å². The number of carboxylic acid groups (broad SMARTS) is 1. The average molecular weight is 292 g/mol. The fourth-order valence-corrected chi connectivity index (χ4v) is 2.62. The van der Waals surface area contributed by atoms with Gasteiger partial charge in [0.2, 0.25) is 5.91 Å². The average Bonchev–Trinajstić information content (AvgIpc) is 2.33. The predicted molar refractivity (Wildman–Crippen MR) is 69.5 cm³/mol. The van der Waals surface area contributed by atoms with Crippen LogP contribution in [0.1, 0.15) is 19.3 Å². The van der Waals surface area contributed by atoms with Crippen molar-refractivity contribution in [1.82, 2.24) is 10.6 Å². The molecule has 110 valence electrons. The van der Waals surface area contributed by atoms with Crippen LogP contribution in [0, 0.1) is 5.92 Å². The van der Waals surface area contributed by atoms with E-state index < -0.39 is 21.8 Å². The van der Waals surface area contributed by atoms with Gasteiger partial charge in [-0.05, 0) is 25.8 Å². The van der Waals surface area contributed by atoms with Gasteiger partial charge >= 0.3 is 5.97 Å². The van der Waals surface area contributed by atoms with Crippen molar-refractivity contribution in [3.8, 4) is 0 Å². The zero-order chi connectivity index (χ0) is 14.5. The van der Waals surface area contributed by atoms with Gasteiger partial charge in [0.25, 0.3) is 0 Å². The van der Waals surface area contributed by atoms with Crippen molar-refractivity contribution in [3.63, 3.8) is 0 Å². The van der Waals surface area contributed by atoms with Crippen LogP contribution in [0.25, 0.3) is 0 Å². The molecule has 8 heteroatoms. The Labute approximate surface area is 112 Å². The summed E-state index contributed by atoms with van der Waals surface area (Å²) < 4.78 is 22.1. The number of rotatable bonds is 6. The molecular weight excluding hydrogens is 272 g/mol. The van der Waals surface area contributed by atoms with Gasteiger partial charge in [-0.2, -0.15) is 0 Å². The highest BCUT2D eigenvalue weighted by molar-refractivity contribution is 7.90. The summed E-state index contributed by atoms with van der Waals surface area (Å²) in [5.74, 6) is -2.03. The fourth-order valence-electron chi connectivity index (χ4n) is 1.95. The SMILES string of the molecule is CS(=O)(=O)CCC(NC(=O)C1CCCNC1)C(=O)O. The molecule has 1 aliphatic rings. The van der Waals surface area contributed by atoms with E-state index in [0.717, 1.165) is 25.6 Å². The lowest BCUT2D eigenvalue weighted by atomic mass is 9.98. The first kappa shape index (κ1) is 15.9. The summed E-state index contributed by atoms with van der Waals surface area (Å²) in [6, 6.07) is -1.15. The van der Waals surface area contributed by atoms with Gasteiger partial charge in [0.05, 0.1) is 11.7 Å². The van der Waals surface area contributed by atoms with Gasteiger partial charge < -0.3 is 15.7 Å². The summed E-state index contributed by atoms with van der Waals surface area (Å²) in [5, 5.41) is 14.5. The van der Waals surface area contributed by atoms with Gasteiger partial charge in [0, 0.05) is 12.8 Å². The molecule has 1 fully saturated rings. The Morgan fingerprint density at radius 3 is 2.63 bits per heavy atom. The van der Waals surface area contributed by atoms with Crippen LogP contribution >= 0.6 is 0 Å². The molecule has 3 N–H and O–H groups in total. The molecule has 0 saturated carbocycles. The predicted octanol–water partition coefficient (Wildman–Crippen LogP) is -1.01. The van der Waals surface area contributed by atoms with Crippen LogP contribution in [0.5, 0.6) is 0 Å². The Bertz CT molecular complexity index is 428. The summed E-state index contributed by atoms with van der Waals surface area (Å²) in [6.07, 6.45) is 2.52. The summed E-state index contributed by atoms with van der Waals surface area (Å²) in [6.45, 7) is 1.39. The zero-order valence-corrected chi connectivity index (χ0v) is 11.7. The number of sulfone groups is 1. The van der Waals surface area contributed by atoms with E-state index in [1.165, 1.54) is 0 Å². The molecule has 0 aromatic rings. The quantitative estimate of drug-likeness (QED) is 0.578. The van der Waals surface area contributed by atoms with Crippen molar-refractivity contribution in [2.45, 2.75) is 25.3 Å². The number of carbonyl (C=O) groups is 2. The standard InChI is InChI=1S/C11H20N2O5S/c1-19(17,18)6-4-9(11(15)16)13-10(14)8-3-2-5-12-7-8/h8-9,12H,2-7H2,1H3,(H,13,14)(H,15,16). The number of aliphatic carboxylic acids is 1. The smallest absolute Gasteiger partial charge is 0.326 e. The van der Waals surface area contributed by atoms with Crippen LogP contribution in [0.3, 0.4) is 0 Å². The van der Waals surface area contributed by atoms with Gasteiger partial charge in [-0.1, -0.05) is 0 Å². The number of hydrogen-bond acceptors (Lipinski definition) is 5. The van der Waals surface area contributed by atoms with E-state index in [-0.39, 0.29) is 24.0 Å². The lowest BCUT2D eigenvalue weighted by Crippen LogP contribution is -2.47. The van der Waals surface area contributed by atoms with Crippen molar-refractivity contribution in [3.05, 3.63) is 0 Å². The third kappa shape index (κ3) is 6.02. The van der Waals surface area contributed by atoms with Crippen LogP contribution in [-0.4, -0.2) is 56.5 Å². The third-order valence-corrected chi connectivity index (χ3v) is 4.04. The van der Waals surface area contributed by atoms with Crippen molar-refractivity contribution in [2.24, 2.45) is 5.92 Å². The number of amides is 1. The Hall–Kier alpha value is -1.15. The first-order valence-corrected chi connectivity index (χ1v) is 8.27. The van der Waals surface area contributed by atoms with Crippen LogP contribution in [0.4, 0.5) is 0 Å². The maximum absolute atomic E-state index is 11.9. The summed E-state index contributed by atoms with van der Waals surface area (Å²) in [7, 11) is -3.24. The number of carbonyl (C=O) groups excluding carboxylic acids is 1. The zero-order valence-electron chi connectivity index (χ0n) is 10.9. The Kier molecular flexibility index (Phi) is 5.74. The highest BCUT2D eigenvalue weighted by Crippen LogP contribution is 2.10. The fraction of sp³-hybridized carbons (Fsp3) is 0.818. The molecule has 1 aliphatic heterocycles. The third-order valence-electron chi connectivity index (χ3n) is 3.06. The second-order valence-electron chi connectivity index (χ2n) is 4.86. The molecule has 1 heterocycles. The van der Waals surface area contributed by atoms with Crippen molar-refractivity contribution in [1.29, 1.82) is 0 Å². The Balaban J connectivity index is 2.52. The number of piperidine rings is 1. The Morgan fingerprint density at radius 2 is 2.16 bits per heavy atom. The van der Waals surface area contributed by atoms with Gasteiger partial charge in [-0.15, -0.1) is 0 Å². The number of nitrogens with one attached hydrogen (secondary N) is 2. The van der Waals surface area contributed by atoms with Gasteiger partial charge in [0.1, 0.15) is 15.9 Å². The van der Waals surface area contributed by atoms with Crippen molar-refractivity contribution < 1.29 is 23.1 Å². The normalized spacial score (nSPS) is 21.6. The van der Waals surface area contributed by atoms with Gasteiger partial charge in [-0.3, -0.25) is 4.79 Å². The topological polar surface area (TPSA) is 113 Å². The lowest BCUT2D eigenvalue weighted by molar-refractivity contribution is -0.142. The molecule has 0 radical (unpaired) electrons. The molecule has 7 nitrogen and oxygen atoms in total. The van der Waals surface area contributed by atoms with Crippen molar-refractivity contribution in [2.75, 3.05) is 25.1 Å². The second-order valence-corrected chi connectivity index (χ2v) is 7.12. The van der Waals surface area contributed by atoms with Crippen LogP contribution < -0.4 is 10.6 Å². The number of carboxylic acids is 1. The van der Waals surface area contributed by atoms with Crippen LogP contribution in [-0.2, 0) is 19.4 Å². The summed E-state index contributed by atoms with van der Waals surface area (Å²) >= 11 is 0. The van der Waals surface area contributed by atoms with Crippen molar-refractivity contribution >= 4 is 21.7 Å². The molecule has 1 saturated heterocycles. The lowest BCUT2D eigenvalue weighted by Gasteiger charge is -2.23. The minimum absolute atomic E-state index is 0.111. The monoisotopic (exact) mass is 292 g/mol. The maximum atomic E-state index is 11.9. The van der Waals surface area contributed by atoms with E-state index in [1.54, 1.807) is 0 Å². The molecule has 1 amide bonds. The molecule has 2 unspecified atom stereocenters. The van der Waals surface area contributed by atoms with E-state index in [0.29, 0.717) is 6.54 Å². The largest absolute Gasteiger partial charge is 0.480 e. The molecule has 19 heavy (non-hydrogen) atoms. The summed E-state index contributed by atoms with van der Waals surface area (Å²) in [5.41, 5.74) is 0. The number of hydrogen-bond donors (Lipinski definition) is 3. The molecule has 0 aliphatic carbocycles. The highest BCUT2D eigenvalue weighted by Gasteiger charge is 2.26. The van der Waals surface area contributed by atoms with E-state index >= 15 is 0 Å². The molecule has 0 spiro atoms. The minimum atomic E-state index is -3.24. The highest BCUT2D eigenvalue weighted by atomic mass is 32.2. The first-order valence-electron chi connectivity index (χ1n) is 6.21. The van der Waals surface area contributed by atoms with Crippen LogP contribution in [0.2, 0.25) is 0 Å². The van der Waals surface area contributed by atoms with E-state index in [9.17, 15) is 18.0 Å². The maximum Gasteiger partial charge on any atom is 0.326 e. The molecule has 0 aromatic heterocycles. The summed E-state index contributed by atoms with van der Waals surface area (Å²) in [4.78, 5) is 22.9. The Morgan fingerprint density at radius 1 is 1.47 bits per heavy atom. The van der Waals surface area contributed by atoms with Gasteiger partial charge in [0.15, 0.2) is 0 Å². The second kappa shape index (κ2) is 6.85. The minimum Gasteiger partial charge on any atom is -0.480 e. The van der Waals surface area contributed by atoms with Gasteiger partial charge in [-0.25, -0.2) is 13.2 Å². The molecular formula is C11H20N2O5S. The molecule has 1 rings (SSSR count). The molecule has 0 bridgehead atoms. The van der Waals surface area contributed by atoms with E-state index in [4.69, 9.17) is 5.11 Å².